The second kappa shape index (κ2) is 7.65. The molecule has 0 atom stereocenters. The summed E-state index contributed by atoms with van der Waals surface area (Å²) in [4.78, 5) is 23.1. The average molecular weight is 311 g/mol. The number of nitrogens with two attached hydrogens (primary N) is 1. The van der Waals surface area contributed by atoms with E-state index in [4.69, 9.17) is 10.5 Å². The number of primary amides is 1. The van der Waals surface area contributed by atoms with Crippen molar-refractivity contribution in [2.75, 3.05) is 12.4 Å². The fraction of sp³-hybridized carbons (Fsp3) is 0.0588. The van der Waals surface area contributed by atoms with Gasteiger partial charge < -0.3 is 21.1 Å². The Labute approximate surface area is 133 Å². The topological polar surface area (TPSA) is 93.4 Å². The number of anilines is 1. The highest BCUT2D eigenvalue weighted by Crippen LogP contribution is 2.14. The summed E-state index contributed by atoms with van der Waals surface area (Å²) in [7, 11) is 1.60. The Bertz CT molecular complexity index is 724. The van der Waals surface area contributed by atoms with Crippen molar-refractivity contribution in [3.05, 3.63) is 65.9 Å². The molecule has 0 fully saturated rings. The Balaban J connectivity index is 1.94. The molecule has 0 aliphatic heterocycles. The minimum Gasteiger partial charge on any atom is -0.497 e. The van der Waals surface area contributed by atoms with Gasteiger partial charge in [-0.3, -0.25) is 4.79 Å². The number of ether oxygens (including phenoxy) is 1. The van der Waals surface area contributed by atoms with Crippen LogP contribution in [-0.4, -0.2) is 19.0 Å². The van der Waals surface area contributed by atoms with Gasteiger partial charge in [0.15, 0.2) is 0 Å². The molecule has 0 heterocycles. The first-order chi connectivity index (χ1) is 11.1. The van der Waals surface area contributed by atoms with Gasteiger partial charge in [0.05, 0.1) is 18.4 Å². The molecule has 4 N–H and O–H groups in total. The number of para-hydroxylation sites is 1. The predicted molar refractivity (Wildman–Crippen MR) is 89.1 cm³/mol. The van der Waals surface area contributed by atoms with E-state index in [1.807, 2.05) is 24.3 Å². The lowest BCUT2D eigenvalue weighted by molar-refractivity contribution is 0.100. The Morgan fingerprint density at radius 1 is 1.09 bits per heavy atom. The second-order valence-electron chi connectivity index (χ2n) is 4.61. The number of rotatable bonds is 5. The van der Waals surface area contributed by atoms with E-state index < -0.39 is 11.9 Å². The summed E-state index contributed by atoms with van der Waals surface area (Å²) in [6.07, 6.45) is 3.24. The molecule has 2 aromatic carbocycles. The van der Waals surface area contributed by atoms with Crippen LogP contribution < -0.4 is 21.1 Å². The summed E-state index contributed by atoms with van der Waals surface area (Å²) in [5, 5.41) is 5.13. The number of nitrogens with one attached hydrogen (secondary N) is 2. The molecule has 6 nitrogen and oxygen atoms in total. The summed E-state index contributed by atoms with van der Waals surface area (Å²) < 4.78 is 5.07. The van der Waals surface area contributed by atoms with Crippen molar-refractivity contribution in [1.29, 1.82) is 0 Å². The number of carbonyl (C=O) groups is 2. The van der Waals surface area contributed by atoms with Crippen LogP contribution in [0.15, 0.2) is 54.7 Å². The van der Waals surface area contributed by atoms with Gasteiger partial charge in [0.25, 0.3) is 5.91 Å². The number of benzene rings is 2. The van der Waals surface area contributed by atoms with E-state index in [1.54, 1.807) is 37.5 Å². The van der Waals surface area contributed by atoms with Crippen LogP contribution in [0.25, 0.3) is 6.08 Å². The van der Waals surface area contributed by atoms with Gasteiger partial charge in [0.1, 0.15) is 5.75 Å². The van der Waals surface area contributed by atoms with Crippen molar-refractivity contribution < 1.29 is 14.3 Å². The van der Waals surface area contributed by atoms with Gasteiger partial charge in [-0.05, 0) is 35.9 Å². The zero-order valence-electron chi connectivity index (χ0n) is 12.6. The van der Waals surface area contributed by atoms with Crippen LogP contribution >= 0.6 is 0 Å². The molecule has 0 saturated heterocycles. The van der Waals surface area contributed by atoms with Gasteiger partial charge in [-0.15, -0.1) is 0 Å². The summed E-state index contributed by atoms with van der Waals surface area (Å²) in [6.45, 7) is 0. The van der Waals surface area contributed by atoms with Crippen molar-refractivity contribution in [1.82, 2.24) is 5.32 Å². The average Bonchev–Trinajstić information content (AvgIpc) is 2.56. The van der Waals surface area contributed by atoms with Gasteiger partial charge in [-0.2, -0.15) is 0 Å². The predicted octanol–water partition coefficient (Wildman–Crippen LogP) is 2.59. The van der Waals surface area contributed by atoms with E-state index in [1.165, 1.54) is 6.20 Å². The smallest absolute Gasteiger partial charge is 0.323 e. The molecule has 0 bridgehead atoms. The van der Waals surface area contributed by atoms with Crippen molar-refractivity contribution in [2.45, 2.75) is 0 Å². The van der Waals surface area contributed by atoms with Crippen molar-refractivity contribution >= 4 is 23.7 Å². The van der Waals surface area contributed by atoms with Crippen molar-refractivity contribution in [2.24, 2.45) is 5.73 Å². The third-order valence-electron chi connectivity index (χ3n) is 3.05. The van der Waals surface area contributed by atoms with Gasteiger partial charge in [0, 0.05) is 6.20 Å². The zero-order chi connectivity index (χ0) is 16.7. The van der Waals surface area contributed by atoms with Gasteiger partial charge >= 0.3 is 6.03 Å². The van der Waals surface area contributed by atoms with Gasteiger partial charge in [-0.25, -0.2) is 4.79 Å². The van der Waals surface area contributed by atoms with Crippen molar-refractivity contribution in [3.8, 4) is 5.75 Å². The third-order valence-corrected chi connectivity index (χ3v) is 3.05. The highest BCUT2D eigenvalue weighted by Gasteiger charge is 2.08. The van der Waals surface area contributed by atoms with Crippen LogP contribution in [0.4, 0.5) is 10.5 Å². The fourth-order valence-electron chi connectivity index (χ4n) is 1.89. The monoisotopic (exact) mass is 311 g/mol. The SMILES string of the molecule is COc1ccc(/C=C/NC(=O)Nc2ccccc2C(N)=O)cc1. The molecule has 0 spiro atoms. The first-order valence-electron chi connectivity index (χ1n) is 6.87. The number of amides is 3. The summed E-state index contributed by atoms with van der Waals surface area (Å²) in [6, 6.07) is 13.4. The first-order valence-corrected chi connectivity index (χ1v) is 6.87. The Kier molecular flexibility index (Phi) is 5.35. The molecule has 6 heteroatoms. The number of hydrogen-bond acceptors (Lipinski definition) is 3. The Morgan fingerprint density at radius 3 is 2.43 bits per heavy atom. The lowest BCUT2D eigenvalue weighted by atomic mass is 10.1. The quantitative estimate of drug-likeness (QED) is 0.792. The molecule has 0 radical (unpaired) electrons. The molecule has 2 rings (SSSR count). The molecule has 3 amide bonds. The Hall–Kier alpha value is -3.28. The Morgan fingerprint density at radius 2 is 1.78 bits per heavy atom. The summed E-state index contributed by atoms with van der Waals surface area (Å²) in [5.41, 5.74) is 6.77. The normalized spacial score (nSPS) is 10.3. The molecule has 0 aromatic heterocycles. The van der Waals surface area contributed by atoms with E-state index in [-0.39, 0.29) is 5.56 Å². The lowest BCUT2D eigenvalue weighted by Gasteiger charge is -2.08. The first kappa shape index (κ1) is 16.1. The lowest BCUT2D eigenvalue weighted by Crippen LogP contribution is -2.25. The number of urea groups is 1. The van der Waals surface area contributed by atoms with E-state index in [2.05, 4.69) is 10.6 Å². The van der Waals surface area contributed by atoms with Gasteiger partial charge in [-0.1, -0.05) is 24.3 Å². The van der Waals surface area contributed by atoms with Crippen LogP contribution in [0.5, 0.6) is 5.75 Å². The molecule has 0 saturated carbocycles. The van der Waals surface area contributed by atoms with E-state index >= 15 is 0 Å². The van der Waals surface area contributed by atoms with Crippen LogP contribution in [0.3, 0.4) is 0 Å². The maximum Gasteiger partial charge on any atom is 0.323 e. The third kappa shape index (κ3) is 4.60. The largest absolute Gasteiger partial charge is 0.497 e. The zero-order valence-corrected chi connectivity index (χ0v) is 12.6. The minimum absolute atomic E-state index is 0.252. The molecule has 0 aliphatic carbocycles. The highest BCUT2D eigenvalue weighted by molar-refractivity contribution is 6.02. The number of hydrogen-bond donors (Lipinski definition) is 3. The summed E-state index contributed by atoms with van der Waals surface area (Å²) >= 11 is 0. The second-order valence-corrected chi connectivity index (χ2v) is 4.61. The minimum atomic E-state index is -0.602. The number of methoxy groups -OCH3 is 1. The molecular formula is C17H17N3O3. The van der Waals surface area contributed by atoms with Gasteiger partial charge in [0.2, 0.25) is 0 Å². The molecule has 2 aromatic rings. The standard InChI is InChI=1S/C17H17N3O3/c1-23-13-8-6-12(7-9-13)10-11-19-17(22)20-15-5-3-2-4-14(15)16(18)21/h2-11H,1H3,(H2,18,21)(H2,19,20,22)/b11-10+. The maximum absolute atomic E-state index is 11.8. The molecular weight excluding hydrogens is 294 g/mol. The van der Waals surface area contributed by atoms with Crippen LogP contribution in [0, 0.1) is 0 Å². The van der Waals surface area contributed by atoms with Crippen molar-refractivity contribution in [3.63, 3.8) is 0 Å². The molecule has 0 aliphatic rings. The van der Waals surface area contributed by atoms with E-state index in [0.29, 0.717) is 5.69 Å². The number of carbonyl (C=O) groups excluding carboxylic acids is 2. The molecule has 0 unspecified atom stereocenters. The van der Waals surface area contributed by atoms with Crippen LogP contribution in [0.1, 0.15) is 15.9 Å². The summed E-state index contributed by atoms with van der Waals surface area (Å²) in [5.74, 6) is 0.158. The van der Waals surface area contributed by atoms with E-state index in [0.717, 1.165) is 11.3 Å². The fourth-order valence-corrected chi connectivity index (χ4v) is 1.89. The highest BCUT2D eigenvalue weighted by atomic mass is 16.5. The van der Waals surface area contributed by atoms with E-state index in [9.17, 15) is 9.59 Å². The maximum atomic E-state index is 11.8. The van der Waals surface area contributed by atoms with Crippen LogP contribution in [-0.2, 0) is 0 Å². The molecule has 118 valence electrons. The molecule has 23 heavy (non-hydrogen) atoms. The van der Waals surface area contributed by atoms with Crippen LogP contribution in [0.2, 0.25) is 0 Å².